The fraction of sp³-hybridized carbons (Fsp3) is 0.333. The van der Waals surface area contributed by atoms with E-state index >= 15 is 0 Å². The maximum Gasteiger partial charge on any atom is 0.234 e. The fourth-order valence-corrected chi connectivity index (χ4v) is 0.874. The van der Waals surface area contributed by atoms with Gasteiger partial charge in [0.25, 0.3) is 0 Å². The molecule has 1 heterocycles. The Balaban J connectivity index is 0. The van der Waals surface area contributed by atoms with Crippen molar-refractivity contribution in [1.29, 1.82) is 0 Å². The molecule has 3 N–H and O–H groups in total. The van der Waals surface area contributed by atoms with Crippen LogP contribution in [0.5, 0.6) is 0 Å². The predicted octanol–water partition coefficient (Wildman–Crippen LogP) is 0.889. The third-order valence-electron chi connectivity index (χ3n) is 1.76. The lowest BCUT2D eigenvalue weighted by molar-refractivity contribution is -0.119. The van der Waals surface area contributed by atoms with Crippen LogP contribution < -0.4 is 11.1 Å². The van der Waals surface area contributed by atoms with Crippen LogP contribution in [0.25, 0.3) is 0 Å². The second-order valence-electron chi connectivity index (χ2n) is 2.87. The van der Waals surface area contributed by atoms with Gasteiger partial charge in [-0.05, 0) is 18.6 Å². The van der Waals surface area contributed by atoms with Crippen molar-refractivity contribution in [1.82, 2.24) is 10.3 Å². The molecule has 1 unspecified atom stereocenters. The van der Waals surface area contributed by atoms with E-state index in [0.29, 0.717) is 6.54 Å². The summed E-state index contributed by atoms with van der Waals surface area (Å²) in [6.45, 7) is 2.34. The first-order valence-corrected chi connectivity index (χ1v) is 4.12. The second kappa shape index (κ2) is 8.47. The van der Waals surface area contributed by atoms with Gasteiger partial charge in [0, 0.05) is 18.9 Å². The van der Waals surface area contributed by atoms with Crippen molar-refractivity contribution >= 4 is 30.7 Å². The van der Waals surface area contributed by atoms with Crippen LogP contribution in [0.15, 0.2) is 24.5 Å². The molecule has 0 aliphatic rings. The number of hydrogen-bond acceptors (Lipinski definition) is 3. The van der Waals surface area contributed by atoms with E-state index in [1.165, 1.54) is 0 Å². The van der Waals surface area contributed by atoms with Crippen molar-refractivity contribution in [3.8, 4) is 0 Å². The van der Waals surface area contributed by atoms with E-state index < -0.39 is 0 Å². The van der Waals surface area contributed by atoms with Crippen LogP contribution in [0, 0.1) is 0 Å². The first kappa shape index (κ1) is 16.6. The van der Waals surface area contributed by atoms with Crippen molar-refractivity contribution in [2.24, 2.45) is 5.73 Å². The molecule has 0 saturated carbocycles. The highest BCUT2D eigenvalue weighted by Gasteiger charge is 2.06. The predicted molar refractivity (Wildman–Crippen MR) is 64.2 cm³/mol. The minimum atomic E-state index is -0.344. The first-order chi connectivity index (χ1) is 6.20. The Kier molecular flexibility index (Phi) is 9.36. The Labute approximate surface area is 101 Å². The van der Waals surface area contributed by atoms with Gasteiger partial charge in [-0.2, -0.15) is 0 Å². The Morgan fingerprint density at radius 3 is 2.73 bits per heavy atom. The van der Waals surface area contributed by atoms with E-state index in [-0.39, 0.29) is 36.8 Å². The number of amides is 1. The molecule has 0 aliphatic heterocycles. The van der Waals surface area contributed by atoms with Gasteiger partial charge in [-0.3, -0.25) is 9.78 Å². The molecular weight excluding hydrogens is 237 g/mol. The van der Waals surface area contributed by atoms with E-state index in [0.717, 1.165) is 5.56 Å². The summed E-state index contributed by atoms with van der Waals surface area (Å²) in [5, 5.41) is 2.98. The van der Waals surface area contributed by atoms with Gasteiger partial charge in [-0.1, -0.05) is 6.07 Å². The molecule has 6 heteroatoms. The third-order valence-corrected chi connectivity index (χ3v) is 1.76. The summed E-state index contributed by atoms with van der Waals surface area (Å²) in [5.74, 6) is -0.344. The van der Waals surface area contributed by atoms with Crippen LogP contribution >= 0.6 is 24.8 Å². The van der Waals surface area contributed by atoms with Gasteiger partial charge in [0.05, 0.1) is 6.04 Å². The second-order valence-corrected chi connectivity index (χ2v) is 2.87. The average molecular weight is 252 g/mol. The number of hydrogen-bond donors (Lipinski definition) is 2. The molecule has 0 spiro atoms. The van der Waals surface area contributed by atoms with E-state index in [9.17, 15) is 4.79 Å². The summed E-state index contributed by atoms with van der Waals surface area (Å²) in [6.07, 6.45) is 3.46. The molecule has 1 aromatic heterocycles. The van der Waals surface area contributed by atoms with E-state index in [1.807, 2.05) is 12.1 Å². The fourth-order valence-electron chi connectivity index (χ4n) is 0.874. The SMILES string of the molecule is CC(NCc1cccnc1)C(N)=O.Cl.Cl. The molecule has 0 aliphatic carbocycles. The van der Waals surface area contributed by atoms with Crippen LogP contribution in [0.1, 0.15) is 12.5 Å². The normalized spacial score (nSPS) is 10.7. The maximum absolute atomic E-state index is 10.7. The minimum absolute atomic E-state index is 0. The van der Waals surface area contributed by atoms with Gasteiger partial charge in [-0.25, -0.2) is 0 Å². The summed E-state index contributed by atoms with van der Waals surface area (Å²) in [4.78, 5) is 14.6. The van der Waals surface area contributed by atoms with E-state index in [4.69, 9.17) is 5.73 Å². The maximum atomic E-state index is 10.7. The quantitative estimate of drug-likeness (QED) is 0.836. The molecule has 0 radical (unpaired) electrons. The van der Waals surface area contributed by atoms with Crippen molar-refractivity contribution < 1.29 is 4.79 Å². The lowest BCUT2D eigenvalue weighted by Crippen LogP contribution is -2.38. The average Bonchev–Trinajstić information content (AvgIpc) is 2.15. The molecule has 0 aromatic carbocycles. The van der Waals surface area contributed by atoms with Crippen LogP contribution in [0.3, 0.4) is 0 Å². The molecule has 0 bridgehead atoms. The molecule has 1 rings (SSSR count). The third kappa shape index (κ3) is 6.28. The lowest BCUT2D eigenvalue weighted by atomic mass is 10.2. The number of halogens is 2. The molecule has 1 amide bonds. The zero-order chi connectivity index (χ0) is 9.68. The van der Waals surface area contributed by atoms with Gasteiger partial charge >= 0.3 is 0 Å². The van der Waals surface area contributed by atoms with Gasteiger partial charge in [-0.15, -0.1) is 24.8 Å². The zero-order valence-electron chi connectivity index (χ0n) is 8.34. The van der Waals surface area contributed by atoms with E-state index in [1.54, 1.807) is 19.3 Å². The summed E-state index contributed by atoms with van der Waals surface area (Å²) >= 11 is 0. The largest absolute Gasteiger partial charge is 0.368 e. The molecule has 1 atom stereocenters. The molecular formula is C9H15Cl2N3O. The zero-order valence-corrected chi connectivity index (χ0v) is 9.98. The Hall–Kier alpha value is -0.840. The smallest absolute Gasteiger partial charge is 0.234 e. The highest BCUT2D eigenvalue weighted by molar-refractivity contribution is 5.85. The van der Waals surface area contributed by atoms with Crippen LogP contribution in [0.2, 0.25) is 0 Å². The number of nitrogens with two attached hydrogens (primary N) is 1. The van der Waals surface area contributed by atoms with Gasteiger partial charge < -0.3 is 11.1 Å². The lowest BCUT2D eigenvalue weighted by Gasteiger charge is -2.08. The van der Waals surface area contributed by atoms with E-state index in [2.05, 4.69) is 10.3 Å². The van der Waals surface area contributed by atoms with Gasteiger partial charge in [0.2, 0.25) is 5.91 Å². The molecule has 0 fully saturated rings. The number of pyridine rings is 1. The van der Waals surface area contributed by atoms with Crippen molar-refractivity contribution in [2.45, 2.75) is 19.5 Å². The Morgan fingerprint density at radius 1 is 1.60 bits per heavy atom. The number of rotatable bonds is 4. The number of primary amides is 1. The van der Waals surface area contributed by atoms with Gasteiger partial charge in [0.15, 0.2) is 0 Å². The summed E-state index contributed by atoms with van der Waals surface area (Å²) in [5.41, 5.74) is 6.12. The highest BCUT2D eigenvalue weighted by atomic mass is 35.5. The highest BCUT2D eigenvalue weighted by Crippen LogP contribution is 1.95. The standard InChI is InChI=1S/C9H13N3O.2ClH/c1-7(9(10)13)12-6-8-3-2-4-11-5-8;;/h2-5,7,12H,6H2,1H3,(H2,10,13);2*1H. The van der Waals surface area contributed by atoms with Crippen molar-refractivity contribution in [3.05, 3.63) is 30.1 Å². The molecule has 4 nitrogen and oxygen atoms in total. The number of aromatic nitrogens is 1. The minimum Gasteiger partial charge on any atom is -0.368 e. The van der Waals surface area contributed by atoms with Crippen molar-refractivity contribution in [3.63, 3.8) is 0 Å². The van der Waals surface area contributed by atoms with Crippen LogP contribution in [0.4, 0.5) is 0 Å². The molecule has 15 heavy (non-hydrogen) atoms. The number of carbonyl (C=O) groups excluding carboxylic acids is 1. The number of carbonyl (C=O) groups is 1. The Morgan fingerprint density at radius 2 is 2.27 bits per heavy atom. The topological polar surface area (TPSA) is 68.0 Å². The molecule has 86 valence electrons. The number of nitrogens with zero attached hydrogens (tertiary/aromatic N) is 1. The van der Waals surface area contributed by atoms with Crippen LogP contribution in [-0.2, 0) is 11.3 Å². The van der Waals surface area contributed by atoms with Gasteiger partial charge in [0.1, 0.15) is 0 Å². The van der Waals surface area contributed by atoms with Crippen LogP contribution in [-0.4, -0.2) is 16.9 Å². The van der Waals surface area contributed by atoms with Crippen molar-refractivity contribution in [2.75, 3.05) is 0 Å². The monoisotopic (exact) mass is 251 g/mol. The Bertz CT molecular complexity index is 282. The molecule has 1 aromatic rings. The summed E-state index contributed by atoms with van der Waals surface area (Å²) < 4.78 is 0. The summed E-state index contributed by atoms with van der Waals surface area (Å²) in [6, 6.07) is 3.49. The molecule has 0 saturated heterocycles. The summed E-state index contributed by atoms with van der Waals surface area (Å²) in [7, 11) is 0. The number of nitrogens with one attached hydrogen (secondary N) is 1. The first-order valence-electron chi connectivity index (χ1n) is 4.12.